The average Bonchev–Trinajstić information content (AvgIpc) is 3.58. The van der Waals surface area contributed by atoms with Crippen molar-refractivity contribution in [3.8, 4) is 0 Å². The summed E-state index contributed by atoms with van der Waals surface area (Å²) in [5.41, 5.74) is 0. The lowest BCUT2D eigenvalue weighted by Crippen LogP contribution is -2.45. The van der Waals surface area contributed by atoms with E-state index in [1.165, 1.54) is 392 Å². The molecule has 6 nitrogen and oxygen atoms in total. The summed E-state index contributed by atoms with van der Waals surface area (Å²) in [5, 5.41) is 23.4. The van der Waals surface area contributed by atoms with Gasteiger partial charge in [0, 0.05) is 12.8 Å². The predicted molar refractivity (Wildman–Crippen MR) is 380 cm³/mol. The van der Waals surface area contributed by atoms with Gasteiger partial charge in [-0.3, -0.25) is 9.59 Å². The Morgan fingerprint density at radius 2 is 0.547 bits per heavy atom. The summed E-state index contributed by atoms with van der Waals surface area (Å²) in [7, 11) is 0. The second kappa shape index (κ2) is 76.1. The number of esters is 1. The molecule has 3 N–H and O–H groups in total. The van der Waals surface area contributed by atoms with E-state index in [0.29, 0.717) is 25.9 Å². The maximum Gasteiger partial charge on any atom is 0.305 e. The van der Waals surface area contributed by atoms with Gasteiger partial charge in [-0.2, -0.15) is 0 Å². The van der Waals surface area contributed by atoms with E-state index in [2.05, 4.69) is 31.3 Å². The minimum absolute atomic E-state index is 0.0249. The van der Waals surface area contributed by atoms with Gasteiger partial charge in [0.2, 0.25) is 5.91 Å². The number of aliphatic hydroxyl groups is 2. The lowest BCUT2D eigenvalue weighted by Gasteiger charge is -2.22. The second-order valence-corrected chi connectivity index (χ2v) is 27.8. The number of carbonyl (C=O) groups excluding carboxylic acids is 2. The molecule has 0 heterocycles. The lowest BCUT2D eigenvalue weighted by molar-refractivity contribution is -0.143. The summed E-state index contributed by atoms with van der Waals surface area (Å²) in [6.07, 6.45) is 96.0. The van der Waals surface area contributed by atoms with Gasteiger partial charge in [0.25, 0.3) is 0 Å². The van der Waals surface area contributed by atoms with Crippen LogP contribution in [0, 0.1) is 0 Å². The number of aliphatic hydroxyl groups excluding tert-OH is 2. The van der Waals surface area contributed by atoms with Crippen LogP contribution >= 0.6 is 0 Å². The first kappa shape index (κ1) is 84.6. The number of unbranched alkanes of at least 4 members (excludes halogenated alkanes) is 63. The van der Waals surface area contributed by atoms with Crippen molar-refractivity contribution in [1.29, 1.82) is 0 Å². The van der Waals surface area contributed by atoms with Gasteiger partial charge in [-0.1, -0.05) is 411 Å². The molecule has 0 saturated heterocycles. The maximum absolute atomic E-state index is 12.5. The number of carbonyl (C=O) groups is 2. The summed E-state index contributed by atoms with van der Waals surface area (Å²) in [6.45, 7) is 5.01. The monoisotopic (exact) mass is 1210 g/mol. The van der Waals surface area contributed by atoms with Gasteiger partial charge >= 0.3 is 5.97 Å². The SMILES string of the molecule is CCCCCCCCCCCCCCCCCCCCC(O)C(CO)NC(=O)CCCCCCCCCCCCCCCCCCC/C=C\CCCCCCCCCCCCCCCCOC(=O)CCCCCCCCCCCCCCCCCC. The van der Waals surface area contributed by atoms with E-state index >= 15 is 0 Å². The van der Waals surface area contributed by atoms with Crippen molar-refractivity contribution in [3.05, 3.63) is 12.2 Å². The van der Waals surface area contributed by atoms with Crippen LogP contribution in [0.15, 0.2) is 12.2 Å². The predicted octanol–water partition coefficient (Wildman–Crippen LogP) is 26.3. The lowest BCUT2D eigenvalue weighted by atomic mass is 10.0. The zero-order valence-corrected chi connectivity index (χ0v) is 58.8. The van der Waals surface area contributed by atoms with Crippen LogP contribution in [-0.2, 0) is 14.3 Å². The maximum atomic E-state index is 12.5. The second-order valence-electron chi connectivity index (χ2n) is 27.8. The highest BCUT2D eigenvalue weighted by molar-refractivity contribution is 5.76. The third-order valence-electron chi connectivity index (χ3n) is 19.1. The van der Waals surface area contributed by atoms with Crippen LogP contribution < -0.4 is 5.32 Å². The van der Waals surface area contributed by atoms with Gasteiger partial charge in [0.05, 0.1) is 25.4 Å². The normalized spacial score (nSPS) is 12.5. The molecule has 0 aromatic carbocycles. The summed E-state index contributed by atoms with van der Waals surface area (Å²) in [4.78, 5) is 24.6. The number of hydrogen-bond acceptors (Lipinski definition) is 5. The number of amides is 1. The Morgan fingerprint density at radius 1 is 0.314 bits per heavy atom. The Morgan fingerprint density at radius 3 is 0.826 bits per heavy atom. The Balaban J connectivity index is 3.32. The molecule has 2 atom stereocenters. The standard InChI is InChI=1S/C80H157NO5/c1-3-5-7-9-11-13-15-17-19-21-41-44-48-52-56-60-64-68-72-78(83)77(76-82)81-79(84)73-69-65-61-57-53-49-45-42-39-37-35-33-31-29-27-25-23-22-24-26-28-30-32-34-36-38-40-43-47-51-55-59-63-67-71-75-86-80(85)74-70-66-62-58-54-50-46-20-18-16-14-12-10-8-6-4-2/h24,26,77-78,82-83H,3-23,25,27-76H2,1-2H3,(H,81,84)/b26-24-. The number of allylic oxidation sites excluding steroid dienone is 2. The van der Waals surface area contributed by atoms with Crippen molar-refractivity contribution in [2.45, 2.75) is 475 Å². The Hall–Kier alpha value is -1.40. The average molecular weight is 1210 g/mol. The molecule has 6 heteroatoms. The van der Waals surface area contributed by atoms with Gasteiger partial charge in [0.15, 0.2) is 0 Å². The van der Waals surface area contributed by atoms with Crippen LogP contribution in [0.4, 0.5) is 0 Å². The van der Waals surface area contributed by atoms with Gasteiger partial charge < -0.3 is 20.3 Å². The minimum atomic E-state index is -0.662. The molecule has 0 aromatic rings. The molecule has 1 amide bonds. The summed E-state index contributed by atoms with van der Waals surface area (Å²) in [5.74, 6) is -0.00151. The molecule has 0 radical (unpaired) electrons. The topological polar surface area (TPSA) is 95.9 Å². The molecule has 0 aliphatic rings. The fourth-order valence-electron chi connectivity index (χ4n) is 13.0. The Bertz CT molecular complexity index is 1300. The molecular weight excluding hydrogens is 1050 g/mol. The number of nitrogens with one attached hydrogen (secondary N) is 1. The molecule has 512 valence electrons. The van der Waals surface area contributed by atoms with Crippen molar-refractivity contribution in [2.75, 3.05) is 13.2 Å². The molecule has 0 bridgehead atoms. The summed E-state index contributed by atoms with van der Waals surface area (Å²) < 4.78 is 5.51. The number of ether oxygens (including phenoxy) is 1. The van der Waals surface area contributed by atoms with Gasteiger partial charge in [0.1, 0.15) is 0 Å². The molecule has 0 aliphatic carbocycles. The quantitative estimate of drug-likeness (QED) is 0.0320. The first-order chi connectivity index (χ1) is 42.5. The van der Waals surface area contributed by atoms with Crippen molar-refractivity contribution in [3.63, 3.8) is 0 Å². The zero-order chi connectivity index (χ0) is 62.0. The zero-order valence-electron chi connectivity index (χ0n) is 58.8. The molecule has 2 unspecified atom stereocenters. The van der Waals surface area contributed by atoms with Crippen LogP contribution in [-0.4, -0.2) is 47.4 Å². The van der Waals surface area contributed by atoms with Gasteiger partial charge in [-0.15, -0.1) is 0 Å². The number of rotatable bonds is 76. The first-order valence-electron chi connectivity index (χ1n) is 39.9. The highest BCUT2D eigenvalue weighted by Gasteiger charge is 2.20. The van der Waals surface area contributed by atoms with Crippen LogP contribution in [0.3, 0.4) is 0 Å². The third kappa shape index (κ3) is 71.7. The van der Waals surface area contributed by atoms with E-state index in [1.807, 2.05) is 0 Å². The van der Waals surface area contributed by atoms with Crippen LogP contribution in [0.25, 0.3) is 0 Å². The van der Waals surface area contributed by atoms with Crippen LogP contribution in [0.2, 0.25) is 0 Å². The molecule has 86 heavy (non-hydrogen) atoms. The van der Waals surface area contributed by atoms with E-state index < -0.39 is 12.1 Å². The molecular formula is C80H157NO5. The highest BCUT2D eigenvalue weighted by Crippen LogP contribution is 2.20. The molecule has 0 fully saturated rings. The molecule has 0 aromatic heterocycles. The van der Waals surface area contributed by atoms with E-state index in [0.717, 1.165) is 38.5 Å². The van der Waals surface area contributed by atoms with Crippen molar-refractivity contribution >= 4 is 11.9 Å². The van der Waals surface area contributed by atoms with Gasteiger partial charge in [-0.25, -0.2) is 0 Å². The molecule has 0 spiro atoms. The summed E-state index contributed by atoms with van der Waals surface area (Å²) >= 11 is 0. The molecule has 0 rings (SSSR count). The van der Waals surface area contributed by atoms with Crippen LogP contribution in [0.1, 0.15) is 463 Å². The van der Waals surface area contributed by atoms with Gasteiger partial charge in [-0.05, 0) is 51.4 Å². The molecule has 0 aliphatic heterocycles. The van der Waals surface area contributed by atoms with E-state index in [1.54, 1.807) is 0 Å². The van der Waals surface area contributed by atoms with E-state index in [4.69, 9.17) is 4.74 Å². The molecule has 0 saturated carbocycles. The minimum Gasteiger partial charge on any atom is -0.466 e. The Kier molecular flexibility index (Phi) is 74.8. The van der Waals surface area contributed by atoms with Crippen molar-refractivity contribution in [1.82, 2.24) is 5.32 Å². The van der Waals surface area contributed by atoms with Crippen molar-refractivity contribution < 1.29 is 24.5 Å². The Labute approximate surface area is 539 Å². The fraction of sp³-hybridized carbons (Fsp3) is 0.950. The van der Waals surface area contributed by atoms with Crippen LogP contribution in [0.5, 0.6) is 0 Å². The smallest absolute Gasteiger partial charge is 0.305 e. The van der Waals surface area contributed by atoms with Crippen molar-refractivity contribution in [2.24, 2.45) is 0 Å². The fourth-order valence-corrected chi connectivity index (χ4v) is 13.0. The first-order valence-corrected chi connectivity index (χ1v) is 39.9. The largest absolute Gasteiger partial charge is 0.466 e. The highest BCUT2D eigenvalue weighted by atomic mass is 16.5. The van der Waals surface area contributed by atoms with E-state index in [9.17, 15) is 19.8 Å². The third-order valence-corrected chi connectivity index (χ3v) is 19.1. The number of hydrogen-bond donors (Lipinski definition) is 3. The summed E-state index contributed by atoms with van der Waals surface area (Å²) in [6, 6.07) is -0.539. The van der Waals surface area contributed by atoms with E-state index in [-0.39, 0.29) is 18.5 Å².